The summed E-state index contributed by atoms with van der Waals surface area (Å²) in [5, 5.41) is 3.45. The van der Waals surface area contributed by atoms with Crippen molar-refractivity contribution in [2.24, 2.45) is 40.2 Å². The van der Waals surface area contributed by atoms with Gasteiger partial charge in [0.1, 0.15) is 0 Å². The van der Waals surface area contributed by atoms with Crippen molar-refractivity contribution in [2.75, 3.05) is 0 Å². The number of allylic oxidation sites excluding steroid dienone is 1. The lowest BCUT2D eigenvalue weighted by molar-refractivity contribution is -0.133. The van der Waals surface area contributed by atoms with Crippen molar-refractivity contribution in [3.63, 3.8) is 0 Å². The fourth-order valence-corrected chi connectivity index (χ4v) is 8.74. The third-order valence-electron chi connectivity index (χ3n) is 10.4. The lowest BCUT2D eigenvalue weighted by Crippen LogP contribution is -2.53. The number of hydrogen-bond donors (Lipinski definition) is 2. The Kier molecular flexibility index (Phi) is 5.06. The quantitative estimate of drug-likeness (QED) is 0.680. The normalized spacial score (nSPS) is 44.3. The summed E-state index contributed by atoms with van der Waals surface area (Å²) >= 11 is 0. The molecule has 4 saturated carbocycles. The first-order valence-electron chi connectivity index (χ1n) is 12.7. The first-order valence-corrected chi connectivity index (χ1v) is 12.7. The Hall–Kier alpha value is -1.32. The summed E-state index contributed by atoms with van der Waals surface area (Å²) in [7, 11) is 0. The number of nitrogens with two attached hydrogens (primary N) is 1. The summed E-state index contributed by atoms with van der Waals surface area (Å²) in [4.78, 5) is 25.6. The molecule has 5 aliphatic carbocycles. The molecule has 5 aliphatic rings. The summed E-state index contributed by atoms with van der Waals surface area (Å²) in [6.07, 6.45) is 14.5. The SMILES string of the molecule is C[C@]12CCC(=O)C(N)=C1CC[C@@H]1[C@H]2CC[C@]2(C)C(C(=O)NC3CCCCC3)CC[C@@H]12. The van der Waals surface area contributed by atoms with Gasteiger partial charge in [-0.2, -0.15) is 0 Å². The van der Waals surface area contributed by atoms with E-state index in [1.807, 2.05) is 0 Å². The van der Waals surface area contributed by atoms with E-state index in [1.165, 1.54) is 37.7 Å². The molecule has 5 rings (SSSR count). The van der Waals surface area contributed by atoms with Crippen LogP contribution >= 0.6 is 0 Å². The molecular formula is C26H40N2O2. The number of rotatable bonds is 2. The molecule has 1 amide bonds. The van der Waals surface area contributed by atoms with Gasteiger partial charge in [-0.25, -0.2) is 0 Å². The third kappa shape index (κ3) is 2.99. The lowest BCUT2D eigenvalue weighted by Gasteiger charge is -2.58. The Morgan fingerprint density at radius 2 is 1.70 bits per heavy atom. The molecule has 4 fully saturated rings. The topological polar surface area (TPSA) is 72.2 Å². The number of fused-ring (bicyclic) bond motifs is 5. The van der Waals surface area contributed by atoms with Crippen LogP contribution in [-0.4, -0.2) is 17.7 Å². The fourth-order valence-electron chi connectivity index (χ4n) is 8.74. The zero-order valence-corrected chi connectivity index (χ0v) is 19.0. The first-order chi connectivity index (χ1) is 14.3. The number of Topliss-reactive ketones (excluding diaryl/α,β-unsaturated/α-hetero) is 1. The number of hydrogen-bond acceptors (Lipinski definition) is 3. The highest BCUT2D eigenvalue weighted by molar-refractivity contribution is 5.96. The Morgan fingerprint density at radius 3 is 2.47 bits per heavy atom. The van der Waals surface area contributed by atoms with Gasteiger partial charge in [0, 0.05) is 18.4 Å². The van der Waals surface area contributed by atoms with Crippen molar-refractivity contribution in [3.8, 4) is 0 Å². The standard InChI is InChI=1S/C26H40N2O2/c1-25-15-13-22(29)23(27)20(25)9-8-17-18-10-11-21(26(18,2)14-12-19(17)25)24(30)28-16-6-4-3-5-7-16/h16-19,21H,3-15,27H2,1-2H3,(H,28,30)/t17-,18-,19+,21?,25+,26-/m0/s1. The lowest BCUT2D eigenvalue weighted by atomic mass is 9.46. The van der Waals surface area contributed by atoms with E-state index < -0.39 is 0 Å². The molecule has 166 valence electrons. The highest BCUT2D eigenvalue weighted by Gasteiger charge is 2.60. The number of amides is 1. The highest BCUT2D eigenvalue weighted by Crippen LogP contribution is 2.66. The first kappa shape index (κ1) is 20.6. The van der Waals surface area contributed by atoms with E-state index in [-0.39, 0.29) is 22.5 Å². The van der Waals surface area contributed by atoms with Gasteiger partial charge < -0.3 is 11.1 Å². The number of carbonyl (C=O) groups excluding carboxylic acids is 2. The van der Waals surface area contributed by atoms with Crippen LogP contribution in [0, 0.1) is 34.5 Å². The van der Waals surface area contributed by atoms with Crippen LogP contribution in [0.3, 0.4) is 0 Å². The maximum absolute atomic E-state index is 13.3. The molecule has 0 saturated heterocycles. The van der Waals surface area contributed by atoms with E-state index in [0.717, 1.165) is 44.9 Å². The van der Waals surface area contributed by atoms with Crippen LogP contribution in [0.5, 0.6) is 0 Å². The zero-order valence-electron chi connectivity index (χ0n) is 19.0. The summed E-state index contributed by atoms with van der Waals surface area (Å²) < 4.78 is 0. The molecule has 0 aromatic rings. The van der Waals surface area contributed by atoms with E-state index in [2.05, 4.69) is 19.2 Å². The largest absolute Gasteiger partial charge is 0.396 e. The fraction of sp³-hybridized carbons (Fsp3) is 0.846. The molecule has 0 radical (unpaired) electrons. The summed E-state index contributed by atoms with van der Waals surface area (Å²) in [5.41, 5.74) is 8.41. The Labute approximate surface area is 181 Å². The minimum atomic E-state index is 0.102. The smallest absolute Gasteiger partial charge is 0.223 e. The average molecular weight is 413 g/mol. The van der Waals surface area contributed by atoms with Crippen molar-refractivity contribution < 1.29 is 9.59 Å². The van der Waals surface area contributed by atoms with Crippen molar-refractivity contribution in [1.82, 2.24) is 5.32 Å². The molecule has 4 nitrogen and oxygen atoms in total. The van der Waals surface area contributed by atoms with E-state index in [4.69, 9.17) is 5.73 Å². The van der Waals surface area contributed by atoms with Crippen molar-refractivity contribution in [1.29, 1.82) is 0 Å². The van der Waals surface area contributed by atoms with Crippen molar-refractivity contribution in [3.05, 3.63) is 11.3 Å². The Bertz CT molecular complexity index is 767. The molecule has 0 aliphatic heterocycles. The van der Waals surface area contributed by atoms with Gasteiger partial charge in [0.25, 0.3) is 0 Å². The van der Waals surface area contributed by atoms with E-state index in [1.54, 1.807) is 0 Å². The van der Waals surface area contributed by atoms with Gasteiger partial charge in [-0.3, -0.25) is 9.59 Å². The molecule has 0 aromatic carbocycles. The molecule has 6 atom stereocenters. The molecular weight excluding hydrogens is 372 g/mol. The molecule has 0 bridgehead atoms. The van der Waals surface area contributed by atoms with Crippen LogP contribution in [0.4, 0.5) is 0 Å². The van der Waals surface area contributed by atoms with Gasteiger partial charge in [-0.1, -0.05) is 33.1 Å². The zero-order chi connectivity index (χ0) is 21.1. The minimum Gasteiger partial charge on any atom is -0.396 e. The molecule has 0 spiro atoms. The van der Waals surface area contributed by atoms with Crippen molar-refractivity contribution in [2.45, 2.75) is 103 Å². The molecule has 1 unspecified atom stereocenters. The molecule has 0 aromatic heterocycles. The van der Waals surface area contributed by atoms with Crippen LogP contribution < -0.4 is 11.1 Å². The van der Waals surface area contributed by atoms with Gasteiger partial charge in [0.05, 0.1) is 5.70 Å². The third-order valence-corrected chi connectivity index (χ3v) is 10.4. The minimum absolute atomic E-state index is 0.102. The van der Waals surface area contributed by atoms with Crippen LogP contribution in [0.15, 0.2) is 11.3 Å². The summed E-state index contributed by atoms with van der Waals surface area (Å²) in [6.45, 7) is 4.82. The van der Waals surface area contributed by atoms with E-state index in [0.29, 0.717) is 41.8 Å². The predicted octanol–water partition coefficient (Wildman–Crippen LogP) is 4.87. The van der Waals surface area contributed by atoms with E-state index >= 15 is 0 Å². The molecule has 0 heterocycles. The second-order valence-corrected chi connectivity index (χ2v) is 11.7. The van der Waals surface area contributed by atoms with Gasteiger partial charge in [-0.05, 0) is 91.9 Å². The van der Waals surface area contributed by atoms with Crippen LogP contribution in [0.25, 0.3) is 0 Å². The second kappa shape index (κ2) is 7.38. The molecule has 4 heteroatoms. The maximum atomic E-state index is 13.3. The monoisotopic (exact) mass is 412 g/mol. The van der Waals surface area contributed by atoms with Gasteiger partial charge in [0.2, 0.25) is 5.91 Å². The number of carbonyl (C=O) groups is 2. The predicted molar refractivity (Wildman–Crippen MR) is 118 cm³/mol. The number of nitrogens with one attached hydrogen (secondary N) is 1. The summed E-state index contributed by atoms with van der Waals surface area (Å²) in [5.74, 6) is 2.67. The average Bonchev–Trinajstić information content (AvgIpc) is 3.09. The molecule has 3 N–H and O–H groups in total. The summed E-state index contributed by atoms with van der Waals surface area (Å²) in [6, 6.07) is 0.411. The number of ketones is 1. The highest BCUT2D eigenvalue weighted by atomic mass is 16.2. The van der Waals surface area contributed by atoms with Crippen LogP contribution in [-0.2, 0) is 9.59 Å². The Morgan fingerprint density at radius 1 is 0.933 bits per heavy atom. The second-order valence-electron chi connectivity index (χ2n) is 11.7. The van der Waals surface area contributed by atoms with Gasteiger partial charge in [-0.15, -0.1) is 0 Å². The molecule has 30 heavy (non-hydrogen) atoms. The van der Waals surface area contributed by atoms with Gasteiger partial charge >= 0.3 is 0 Å². The Balaban J connectivity index is 1.35. The van der Waals surface area contributed by atoms with Crippen molar-refractivity contribution >= 4 is 11.7 Å². The maximum Gasteiger partial charge on any atom is 0.223 e. The van der Waals surface area contributed by atoms with Gasteiger partial charge in [0.15, 0.2) is 5.78 Å². The van der Waals surface area contributed by atoms with E-state index in [9.17, 15) is 9.59 Å². The van der Waals surface area contributed by atoms with Crippen LogP contribution in [0.1, 0.15) is 97.3 Å². The van der Waals surface area contributed by atoms with Crippen LogP contribution in [0.2, 0.25) is 0 Å².